The van der Waals surface area contributed by atoms with Gasteiger partial charge in [0.15, 0.2) is 5.11 Å². The maximum Gasteiger partial charge on any atom is 0.294 e. The average molecular weight is 373 g/mol. The number of quaternary nitrogens is 1. The van der Waals surface area contributed by atoms with Crippen molar-refractivity contribution in [2.24, 2.45) is 0 Å². The first-order chi connectivity index (χ1) is 11.4. The predicted molar refractivity (Wildman–Crippen MR) is 100 cm³/mol. The maximum atomic E-state index is 11.2. The number of anilines is 1. The molecule has 0 saturated carbocycles. The Balaban J connectivity index is 1.93. The summed E-state index contributed by atoms with van der Waals surface area (Å²) in [6, 6.07) is 4.80. The number of nitro benzene ring substituents is 1. The molecule has 1 aromatic rings. The predicted octanol–water partition coefficient (Wildman–Crippen LogP) is 0.389. The molecule has 1 aliphatic heterocycles. The number of likely N-dealkylation sites (N-methyl/N-ethyl adjacent to an activating group) is 1. The van der Waals surface area contributed by atoms with E-state index in [4.69, 9.17) is 23.8 Å². The van der Waals surface area contributed by atoms with Crippen LogP contribution < -0.4 is 15.1 Å². The molecule has 1 aliphatic rings. The zero-order chi connectivity index (χ0) is 17.7. The number of piperazine rings is 1. The molecule has 9 heteroatoms. The molecule has 1 fully saturated rings. The Morgan fingerprint density at radius 2 is 2.04 bits per heavy atom. The molecule has 0 radical (unpaired) electrons. The van der Waals surface area contributed by atoms with Gasteiger partial charge in [0.2, 0.25) is 0 Å². The molecule has 0 unspecified atom stereocenters. The highest BCUT2D eigenvalue weighted by Crippen LogP contribution is 2.31. The van der Waals surface area contributed by atoms with Crippen molar-refractivity contribution in [1.82, 2.24) is 10.2 Å². The molecular formula is C15H23ClN5O2S+. The molecule has 1 saturated heterocycles. The van der Waals surface area contributed by atoms with Crippen LogP contribution in [0.1, 0.15) is 0 Å². The first-order valence-electron chi connectivity index (χ1n) is 7.89. The molecule has 132 valence electrons. The van der Waals surface area contributed by atoms with Gasteiger partial charge < -0.3 is 20.0 Å². The Bertz CT molecular complexity index is 606. The summed E-state index contributed by atoms with van der Waals surface area (Å²) in [5.41, 5.74) is 0.657. The van der Waals surface area contributed by atoms with E-state index in [1.54, 1.807) is 12.1 Å². The number of hydrogen-bond acceptors (Lipinski definition) is 4. The van der Waals surface area contributed by atoms with Crippen molar-refractivity contribution >= 4 is 40.3 Å². The van der Waals surface area contributed by atoms with Gasteiger partial charge in [-0.1, -0.05) is 11.6 Å². The minimum Gasteiger partial charge on any atom is -0.362 e. The van der Waals surface area contributed by atoms with Crippen LogP contribution in [0.4, 0.5) is 11.4 Å². The van der Waals surface area contributed by atoms with Gasteiger partial charge in [0, 0.05) is 37.3 Å². The van der Waals surface area contributed by atoms with Crippen LogP contribution in [0.25, 0.3) is 0 Å². The molecule has 7 nitrogen and oxygen atoms in total. The summed E-state index contributed by atoms with van der Waals surface area (Å²) < 4.78 is 0. The third-order valence-electron chi connectivity index (χ3n) is 3.94. The van der Waals surface area contributed by atoms with Crippen molar-refractivity contribution in [1.29, 1.82) is 0 Å². The lowest BCUT2D eigenvalue weighted by molar-refractivity contribution is -0.856. The van der Waals surface area contributed by atoms with Crippen molar-refractivity contribution in [3.63, 3.8) is 0 Å². The SMILES string of the molecule is C[NH+](C)CCNC(=S)N1CCN(c2ccc(Cl)cc2[N+](=O)[O-])CC1. The van der Waals surface area contributed by atoms with E-state index >= 15 is 0 Å². The summed E-state index contributed by atoms with van der Waals surface area (Å²) in [4.78, 5) is 16.3. The van der Waals surface area contributed by atoms with E-state index in [9.17, 15) is 10.1 Å². The van der Waals surface area contributed by atoms with Crippen molar-refractivity contribution in [2.75, 3.05) is 58.3 Å². The van der Waals surface area contributed by atoms with Crippen LogP contribution >= 0.6 is 23.8 Å². The third-order valence-corrected chi connectivity index (χ3v) is 4.58. The number of hydrogen-bond donors (Lipinski definition) is 2. The highest BCUT2D eigenvalue weighted by Gasteiger charge is 2.24. The number of benzene rings is 1. The second-order valence-electron chi connectivity index (χ2n) is 6.05. The van der Waals surface area contributed by atoms with Gasteiger partial charge in [0.25, 0.3) is 5.69 Å². The van der Waals surface area contributed by atoms with Crippen molar-refractivity contribution < 1.29 is 9.82 Å². The summed E-state index contributed by atoms with van der Waals surface area (Å²) >= 11 is 11.3. The topological polar surface area (TPSA) is 66.1 Å². The van der Waals surface area contributed by atoms with Crippen LogP contribution in [-0.2, 0) is 0 Å². The van der Waals surface area contributed by atoms with Gasteiger partial charge in [-0.3, -0.25) is 10.1 Å². The van der Waals surface area contributed by atoms with Gasteiger partial charge in [0.05, 0.1) is 32.1 Å². The van der Waals surface area contributed by atoms with Crippen LogP contribution in [0.15, 0.2) is 18.2 Å². The van der Waals surface area contributed by atoms with Crippen molar-refractivity contribution in [2.45, 2.75) is 0 Å². The van der Waals surface area contributed by atoms with Gasteiger partial charge in [0.1, 0.15) is 5.69 Å². The fraction of sp³-hybridized carbons (Fsp3) is 0.533. The largest absolute Gasteiger partial charge is 0.362 e. The fourth-order valence-electron chi connectivity index (χ4n) is 2.59. The smallest absolute Gasteiger partial charge is 0.294 e. The van der Waals surface area contributed by atoms with E-state index in [1.165, 1.54) is 11.0 Å². The van der Waals surface area contributed by atoms with Crippen LogP contribution in [0.5, 0.6) is 0 Å². The average Bonchev–Trinajstić information content (AvgIpc) is 2.54. The molecule has 0 atom stereocenters. The monoisotopic (exact) mass is 372 g/mol. The highest BCUT2D eigenvalue weighted by atomic mass is 35.5. The first-order valence-corrected chi connectivity index (χ1v) is 8.68. The number of nitro groups is 1. The van der Waals surface area contributed by atoms with E-state index < -0.39 is 0 Å². The lowest BCUT2D eigenvalue weighted by Crippen LogP contribution is -3.06. The Labute approximate surface area is 152 Å². The van der Waals surface area contributed by atoms with Gasteiger partial charge >= 0.3 is 0 Å². The number of halogens is 1. The zero-order valence-corrected chi connectivity index (χ0v) is 15.5. The Morgan fingerprint density at radius 1 is 1.38 bits per heavy atom. The first kappa shape index (κ1) is 18.7. The minimum absolute atomic E-state index is 0.0469. The van der Waals surface area contributed by atoms with E-state index in [0.717, 1.165) is 31.3 Å². The van der Waals surface area contributed by atoms with Crippen LogP contribution in [0.3, 0.4) is 0 Å². The summed E-state index contributed by atoms with van der Waals surface area (Å²) in [6.45, 7) is 4.68. The van der Waals surface area contributed by atoms with E-state index in [1.807, 2.05) is 4.90 Å². The molecule has 2 rings (SSSR count). The molecule has 0 bridgehead atoms. The lowest BCUT2D eigenvalue weighted by Gasteiger charge is -2.37. The number of rotatable bonds is 5. The quantitative estimate of drug-likeness (QED) is 0.443. The Hall–Kier alpha value is -1.64. The second-order valence-corrected chi connectivity index (χ2v) is 6.88. The summed E-state index contributed by atoms with van der Waals surface area (Å²) in [6.07, 6.45) is 0. The molecule has 0 aromatic heterocycles. The normalized spacial score (nSPS) is 14.8. The molecule has 0 amide bonds. The van der Waals surface area contributed by atoms with E-state index in [0.29, 0.717) is 23.8 Å². The van der Waals surface area contributed by atoms with Crippen molar-refractivity contribution in [3.05, 3.63) is 33.3 Å². The molecule has 1 aromatic carbocycles. The molecule has 0 spiro atoms. The van der Waals surface area contributed by atoms with Crippen LogP contribution in [0.2, 0.25) is 5.02 Å². The van der Waals surface area contributed by atoms with Gasteiger partial charge in [-0.15, -0.1) is 0 Å². The van der Waals surface area contributed by atoms with Gasteiger partial charge in [-0.2, -0.15) is 0 Å². The number of nitrogens with one attached hydrogen (secondary N) is 2. The number of thiocarbonyl (C=S) groups is 1. The molecular weight excluding hydrogens is 350 g/mol. The van der Waals surface area contributed by atoms with Crippen LogP contribution in [-0.4, -0.2) is 68.3 Å². The molecule has 0 aliphatic carbocycles. The minimum atomic E-state index is -0.386. The fourth-order valence-corrected chi connectivity index (χ4v) is 3.04. The Kier molecular flexibility index (Phi) is 6.59. The van der Waals surface area contributed by atoms with Crippen LogP contribution in [0, 0.1) is 10.1 Å². The molecule has 1 heterocycles. The number of nitrogens with zero attached hydrogens (tertiary/aromatic N) is 3. The molecule has 24 heavy (non-hydrogen) atoms. The van der Waals surface area contributed by atoms with Gasteiger partial charge in [-0.05, 0) is 24.4 Å². The zero-order valence-electron chi connectivity index (χ0n) is 13.9. The standard InChI is InChI=1S/C15H22ClN5O2S/c1-18(2)6-5-17-15(24)20-9-7-19(8-10-20)13-4-3-12(16)11-14(13)21(22)23/h3-4,11H,5-10H2,1-2H3,(H,17,24)/p+1. The summed E-state index contributed by atoms with van der Waals surface area (Å²) in [5.74, 6) is 0. The maximum absolute atomic E-state index is 11.2. The Morgan fingerprint density at radius 3 is 2.62 bits per heavy atom. The second kappa shape index (κ2) is 8.46. The summed E-state index contributed by atoms with van der Waals surface area (Å²) in [5, 5.41) is 15.6. The highest BCUT2D eigenvalue weighted by molar-refractivity contribution is 7.80. The lowest BCUT2D eigenvalue weighted by atomic mass is 10.2. The third kappa shape index (κ3) is 4.93. The molecule has 2 N–H and O–H groups in total. The van der Waals surface area contributed by atoms with Gasteiger partial charge in [-0.25, -0.2) is 0 Å². The van der Waals surface area contributed by atoms with Crippen molar-refractivity contribution in [3.8, 4) is 0 Å². The van der Waals surface area contributed by atoms with E-state index in [2.05, 4.69) is 24.3 Å². The summed E-state index contributed by atoms with van der Waals surface area (Å²) in [7, 11) is 4.20. The van der Waals surface area contributed by atoms with E-state index in [-0.39, 0.29) is 10.6 Å².